The molecule has 1 heterocycles. The van der Waals surface area contributed by atoms with Gasteiger partial charge in [-0.25, -0.2) is 13.1 Å². The summed E-state index contributed by atoms with van der Waals surface area (Å²) in [7, 11) is -3.60. The average Bonchev–Trinajstić information content (AvgIpc) is 2.87. The smallest absolute Gasteiger partial charge is 0.240 e. The molecule has 1 saturated heterocycles. The summed E-state index contributed by atoms with van der Waals surface area (Å²) >= 11 is 0. The maximum Gasteiger partial charge on any atom is 0.240 e. The Bertz CT molecular complexity index is 795. The minimum absolute atomic E-state index is 0.103. The summed E-state index contributed by atoms with van der Waals surface area (Å²) in [5.74, 6) is -0.574. The molecule has 1 saturated carbocycles. The molecule has 0 spiro atoms. The van der Waals surface area contributed by atoms with Crippen molar-refractivity contribution in [2.45, 2.75) is 57.4 Å². The molecule has 0 unspecified atom stereocenters. The topological polar surface area (TPSA) is 83.6 Å². The van der Waals surface area contributed by atoms with Gasteiger partial charge in [-0.05, 0) is 43.4 Å². The van der Waals surface area contributed by atoms with Crippen LogP contribution in [0.2, 0.25) is 0 Å². The van der Waals surface area contributed by atoms with Crippen LogP contribution in [0.5, 0.6) is 0 Å². The zero-order valence-electron chi connectivity index (χ0n) is 15.3. The number of aryl methyl sites for hydroxylation is 1. The highest BCUT2D eigenvalue weighted by molar-refractivity contribution is 7.89. The Hall–Kier alpha value is -1.73. The maximum absolute atomic E-state index is 12.6. The lowest BCUT2D eigenvalue weighted by atomic mass is 9.81. The van der Waals surface area contributed by atoms with Gasteiger partial charge < -0.3 is 0 Å². The molecule has 0 aromatic heterocycles. The predicted molar refractivity (Wildman–Crippen MR) is 97.7 cm³/mol. The van der Waals surface area contributed by atoms with Crippen molar-refractivity contribution in [2.75, 3.05) is 6.54 Å². The van der Waals surface area contributed by atoms with Crippen LogP contribution in [-0.2, 0) is 26.2 Å². The fraction of sp³-hybridized carbons (Fsp3) is 0.579. The monoisotopic (exact) mass is 378 g/mol. The Morgan fingerprint density at radius 1 is 1.12 bits per heavy atom. The van der Waals surface area contributed by atoms with E-state index >= 15 is 0 Å². The summed E-state index contributed by atoms with van der Waals surface area (Å²) in [5.41, 5.74) is 1.30. The van der Waals surface area contributed by atoms with Crippen molar-refractivity contribution < 1.29 is 18.0 Å². The van der Waals surface area contributed by atoms with E-state index in [0.717, 1.165) is 25.7 Å². The minimum atomic E-state index is -3.60. The molecule has 2 fully saturated rings. The quantitative estimate of drug-likeness (QED) is 0.770. The molecule has 26 heavy (non-hydrogen) atoms. The molecule has 1 aliphatic heterocycles. The van der Waals surface area contributed by atoms with E-state index < -0.39 is 10.0 Å². The van der Waals surface area contributed by atoms with Crippen LogP contribution in [0.3, 0.4) is 0 Å². The van der Waals surface area contributed by atoms with E-state index in [-0.39, 0.29) is 35.1 Å². The normalized spacial score (nSPS) is 23.4. The molecule has 6 nitrogen and oxygen atoms in total. The SMILES string of the molecule is CCCNS(=O)(=O)c1cc(CN2C(=O)[C@H]3CCCC[C@@H]3C2=O)ccc1C. The van der Waals surface area contributed by atoms with Crippen LogP contribution in [0.15, 0.2) is 23.1 Å². The van der Waals surface area contributed by atoms with Gasteiger partial charge in [0.05, 0.1) is 23.3 Å². The van der Waals surface area contributed by atoms with Gasteiger partial charge in [0.2, 0.25) is 21.8 Å². The van der Waals surface area contributed by atoms with E-state index in [1.54, 1.807) is 25.1 Å². The van der Waals surface area contributed by atoms with Gasteiger partial charge in [-0.3, -0.25) is 14.5 Å². The third kappa shape index (κ3) is 3.55. The van der Waals surface area contributed by atoms with Crippen LogP contribution in [0.1, 0.15) is 50.2 Å². The number of hydrogen-bond acceptors (Lipinski definition) is 4. The van der Waals surface area contributed by atoms with Gasteiger partial charge in [0.1, 0.15) is 0 Å². The number of hydrogen-bond donors (Lipinski definition) is 1. The molecule has 0 bridgehead atoms. The molecule has 3 rings (SSSR count). The Morgan fingerprint density at radius 2 is 1.73 bits per heavy atom. The molecule has 2 amide bonds. The number of amides is 2. The van der Waals surface area contributed by atoms with Crippen LogP contribution in [0.25, 0.3) is 0 Å². The summed E-state index contributed by atoms with van der Waals surface area (Å²) in [4.78, 5) is 26.8. The zero-order chi connectivity index (χ0) is 18.9. The van der Waals surface area contributed by atoms with Gasteiger partial charge in [0.15, 0.2) is 0 Å². The molecule has 0 radical (unpaired) electrons. The first-order chi connectivity index (χ1) is 12.3. The minimum Gasteiger partial charge on any atom is -0.278 e. The molecule has 1 aromatic rings. The van der Waals surface area contributed by atoms with E-state index in [0.29, 0.717) is 24.1 Å². The van der Waals surface area contributed by atoms with Gasteiger partial charge >= 0.3 is 0 Å². The molecular formula is C19H26N2O4S. The summed E-state index contributed by atoms with van der Waals surface area (Å²) in [6, 6.07) is 5.10. The van der Waals surface area contributed by atoms with Crippen LogP contribution in [0, 0.1) is 18.8 Å². The van der Waals surface area contributed by atoms with E-state index in [1.807, 2.05) is 6.92 Å². The second kappa shape index (κ2) is 7.48. The van der Waals surface area contributed by atoms with Crippen molar-refractivity contribution in [3.05, 3.63) is 29.3 Å². The first-order valence-corrected chi connectivity index (χ1v) is 10.8. The highest BCUT2D eigenvalue weighted by Crippen LogP contribution is 2.38. The number of benzene rings is 1. The van der Waals surface area contributed by atoms with Crippen LogP contribution in [0.4, 0.5) is 0 Å². The van der Waals surface area contributed by atoms with E-state index in [9.17, 15) is 18.0 Å². The van der Waals surface area contributed by atoms with Crippen molar-refractivity contribution >= 4 is 21.8 Å². The standard InChI is InChI=1S/C19H26N2O4S/c1-3-10-20-26(24,25)17-11-14(9-8-13(17)2)12-21-18(22)15-6-4-5-7-16(15)19(21)23/h8-9,11,15-16,20H,3-7,10,12H2,1-2H3/t15-,16-/m0/s1. The first kappa shape index (κ1) is 19.0. The third-order valence-corrected chi connectivity index (χ3v) is 6.96. The molecule has 1 aromatic carbocycles. The van der Waals surface area contributed by atoms with Crippen LogP contribution < -0.4 is 4.72 Å². The van der Waals surface area contributed by atoms with E-state index in [1.165, 1.54) is 4.90 Å². The molecule has 7 heteroatoms. The van der Waals surface area contributed by atoms with Gasteiger partial charge in [0, 0.05) is 6.54 Å². The Balaban J connectivity index is 1.84. The fourth-order valence-electron chi connectivity index (χ4n) is 3.92. The summed E-state index contributed by atoms with van der Waals surface area (Å²) in [6.07, 6.45) is 4.24. The highest BCUT2D eigenvalue weighted by Gasteiger charge is 2.47. The van der Waals surface area contributed by atoms with Crippen LogP contribution in [-0.4, -0.2) is 31.7 Å². The lowest BCUT2D eigenvalue weighted by Crippen LogP contribution is -2.31. The van der Waals surface area contributed by atoms with Crippen molar-refractivity contribution in [2.24, 2.45) is 11.8 Å². The second-order valence-corrected chi connectivity index (χ2v) is 8.99. The molecule has 2 aliphatic rings. The average molecular weight is 378 g/mol. The Morgan fingerprint density at radius 3 is 2.31 bits per heavy atom. The number of nitrogens with one attached hydrogen (secondary N) is 1. The molecule has 1 N–H and O–H groups in total. The Kier molecular flexibility index (Phi) is 5.48. The molecule has 1 aliphatic carbocycles. The van der Waals surface area contributed by atoms with E-state index in [4.69, 9.17) is 0 Å². The second-order valence-electron chi connectivity index (χ2n) is 7.26. The summed E-state index contributed by atoms with van der Waals surface area (Å²) in [5, 5.41) is 0. The lowest BCUT2D eigenvalue weighted by Gasteiger charge is -2.19. The molecule has 142 valence electrons. The van der Waals surface area contributed by atoms with Gasteiger partial charge in [0.25, 0.3) is 0 Å². The van der Waals surface area contributed by atoms with Gasteiger partial charge in [-0.2, -0.15) is 0 Å². The van der Waals surface area contributed by atoms with Crippen molar-refractivity contribution in [3.8, 4) is 0 Å². The first-order valence-electron chi connectivity index (χ1n) is 9.29. The maximum atomic E-state index is 12.6. The largest absolute Gasteiger partial charge is 0.278 e. The fourth-order valence-corrected chi connectivity index (χ4v) is 5.34. The highest BCUT2D eigenvalue weighted by atomic mass is 32.2. The number of rotatable bonds is 6. The van der Waals surface area contributed by atoms with Gasteiger partial charge in [-0.15, -0.1) is 0 Å². The van der Waals surface area contributed by atoms with Crippen LogP contribution >= 0.6 is 0 Å². The van der Waals surface area contributed by atoms with Crippen molar-refractivity contribution in [1.82, 2.24) is 9.62 Å². The third-order valence-electron chi connectivity index (χ3n) is 5.36. The predicted octanol–water partition coefficient (Wildman–Crippen LogP) is 2.36. The van der Waals surface area contributed by atoms with Crippen molar-refractivity contribution in [3.63, 3.8) is 0 Å². The zero-order valence-corrected chi connectivity index (χ0v) is 16.1. The molecule has 2 atom stereocenters. The Labute approximate surface area is 155 Å². The number of imide groups is 1. The number of likely N-dealkylation sites (tertiary alicyclic amines) is 1. The molecular weight excluding hydrogens is 352 g/mol. The number of nitrogens with zero attached hydrogens (tertiary/aromatic N) is 1. The summed E-state index contributed by atoms with van der Waals surface area (Å²) in [6.45, 7) is 4.15. The number of sulfonamides is 1. The number of carbonyl (C=O) groups excluding carboxylic acids is 2. The summed E-state index contributed by atoms with van der Waals surface area (Å²) < 4.78 is 27.5. The number of carbonyl (C=O) groups is 2. The lowest BCUT2D eigenvalue weighted by molar-refractivity contribution is -0.140. The van der Waals surface area contributed by atoms with Crippen molar-refractivity contribution in [1.29, 1.82) is 0 Å². The van der Waals surface area contributed by atoms with E-state index in [2.05, 4.69) is 4.72 Å². The number of fused-ring (bicyclic) bond motifs is 1. The van der Waals surface area contributed by atoms with Gasteiger partial charge in [-0.1, -0.05) is 31.9 Å².